The Labute approximate surface area is 101 Å². The Hall–Kier alpha value is -1.80. The minimum atomic E-state index is 0.267. The van der Waals surface area contributed by atoms with Gasteiger partial charge in [-0.05, 0) is 12.1 Å². The average molecular weight is 277 g/mol. The summed E-state index contributed by atoms with van der Waals surface area (Å²) in [4.78, 5) is 0. The number of rotatable bonds is 1. The number of aryl methyl sites for hydroxylation is 1. The van der Waals surface area contributed by atoms with Crippen molar-refractivity contribution < 1.29 is 0 Å². The van der Waals surface area contributed by atoms with Crippen molar-refractivity contribution in [1.29, 1.82) is 5.26 Å². The Morgan fingerprint density at radius 1 is 1.38 bits per heavy atom. The highest BCUT2D eigenvalue weighted by Crippen LogP contribution is 2.27. The van der Waals surface area contributed by atoms with Crippen molar-refractivity contribution in [2.45, 2.75) is 0 Å². The second-order valence-corrected chi connectivity index (χ2v) is 4.27. The maximum Gasteiger partial charge on any atom is 0.164 e. The molecule has 16 heavy (non-hydrogen) atoms. The fraction of sp³-hybridized carbons (Fsp3) is 0.0909. The molecule has 0 spiro atoms. The van der Waals surface area contributed by atoms with Crippen molar-refractivity contribution in [2.24, 2.45) is 7.05 Å². The van der Waals surface area contributed by atoms with Crippen LogP contribution >= 0.6 is 15.9 Å². The van der Waals surface area contributed by atoms with E-state index in [1.54, 1.807) is 11.7 Å². The molecule has 0 amide bonds. The number of hydrogen-bond donors (Lipinski definition) is 1. The van der Waals surface area contributed by atoms with Crippen LogP contribution < -0.4 is 5.73 Å². The van der Waals surface area contributed by atoms with Gasteiger partial charge in [-0.25, -0.2) is 0 Å². The van der Waals surface area contributed by atoms with Crippen LogP contribution in [0, 0.1) is 11.3 Å². The molecule has 1 heterocycles. The van der Waals surface area contributed by atoms with Gasteiger partial charge < -0.3 is 5.73 Å². The van der Waals surface area contributed by atoms with Gasteiger partial charge in [-0.2, -0.15) is 10.4 Å². The summed E-state index contributed by atoms with van der Waals surface area (Å²) in [6.45, 7) is 0. The van der Waals surface area contributed by atoms with Crippen LogP contribution in [0.15, 0.2) is 28.7 Å². The minimum absolute atomic E-state index is 0.267. The van der Waals surface area contributed by atoms with E-state index in [0.717, 1.165) is 15.7 Å². The van der Waals surface area contributed by atoms with Crippen molar-refractivity contribution in [1.82, 2.24) is 9.78 Å². The molecular formula is C11H9BrN4. The molecule has 0 aliphatic heterocycles. The number of hydrogen-bond acceptors (Lipinski definition) is 3. The Morgan fingerprint density at radius 2 is 2.00 bits per heavy atom. The van der Waals surface area contributed by atoms with E-state index in [4.69, 9.17) is 11.0 Å². The van der Waals surface area contributed by atoms with Gasteiger partial charge in [-0.15, -0.1) is 0 Å². The summed E-state index contributed by atoms with van der Waals surface area (Å²) >= 11 is 3.37. The van der Waals surface area contributed by atoms with Crippen molar-refractivity contribution in [3.8, 4) is 17.3 Å². The van der Waals surface area contributed by atoms with Crippen molar-refractivity contribution in [3.63, 3.8) is 0 Å². The third-order valence-electron chi connectivity index (χ3n) is 2.30. The Bertz CT molecular complexity index is 563. The first-order chi connectivity index (χ1) is 7.63. The molecule has 2 N–H and O–H groups in total. The molecule has 5 heteroatoms. The molecule has 0 saturated heterocycles. The van der Waals surface area contributed by atoms with Crippen LogP contribution in [-0.4, -0.2) is 9.78 Å². The van der Waals surface area contributed by atoms with E-state index >= 15 is 0 Å². The Kier molecular flexibility index (Phi) is 2.67. The van der Waals surface area contributed by atoms with E-state index in [9.17, 15) is 0 Å². The Balaban J connectivity index is 2.64. The van der Waals surface area contributed by atoms with E-state index in [-0.39, 0.29) is 5.82 Å². The average Bonchev–Trinajstić information content (AvgIpc) is 2.54. The highest BCUT2D eigenvalue weighted by atomic mass is 79.9. The first-order valence-corrected chi connectivity index (χ1v) is 5.41. The molecule has 0 atom stereocenters. The van der Waals surface area contributed by atoms with E-state index < -0.39 is 0 Å². The van der Waals surface area contributed by atoms with Crippen LogP contribution in [0.3, 0.4) is 0 Å². The molecule has 2 rings (SSSR count). The van der Waals surface area contributed by atoms with Gasteiger partial charge in [0.1, 0.15) is 11.6 Å². The quantitative estimate of drug-likeness (QED) is 0.869. The van der Waals surface area contributed by atoms with Crippen LogP contribution in [0.1, 0.15) is 5.56 Å². The zero-order valence-electron chi connectivity index (χ0n) is 8.61. The third-order valence-corrected chi connectivity index (χ3v) is 2.83. The second kappa shape index (κ2) is 3.99. The molecule has 80 valence electrons. The van der Waals surface area contributed by atoms with Crippen LogP contribution in [0.2, 0.25) is 0 Å². The number of halogens is 1. The van der Waals surface area contributed by atoms with Crippen LogP contribution in [0.4, 0.5) is 5.82 Å². The summed E-state index contributed by atoms with van der Waals surface area (Å²) in [5.74, 6) is 0.267. The summed E-state index contributed by atoms with van der Waals surface area (Å²) in [6, 6.07) is 9.75. The van der Waals surface area contributed by atoms with Crippen molar-refractivity contribution in [3.05, 3.63) is 34.3 Å². The second-order valence-electron chi connectivity index (χ2n) is 3.35. The first-order valence-electron chi connectivity index (χ1n) is 4.62. The maximum atomic E-state index is 9.04. The molecule has 1 aromatic carbocycles. The zero-order valence-corrected chi connectivity index (χ0v) is 10.2. The van der Waals surface area contributed by atoms with Gasteiger partial charge in [0.25, 0.3) is 0 Å². The zero-order chi connectivity index (χ0) is 11.7. The highest BCUT2D eigenvalue weighted by Gasteiger charge is 2.14. The number of nitrogens with two attached hydrogens (primary N) is 1. The molecular weight excluding hydrogens is 268 g/mol. The lowest BCUT2D eigenvalue weighted by Gasteiger charge is -2.02. The summed E-state index contributed by atoms with van der Waals surface area (Å²) in [5.41, 5.74) is 7.74. The number of aromatic nitrogens is 2. The standard InChI is InChI=1S/C11H9BrN4/c1-16-10(9(6-13)11(14)15-16)7-2-4-8(12)5-3-7/h2-5H,1H3,(H2,14,15). The largest absolute Gasteiger partial charge is 0.381 e. The van der Waals surface area contributed by atoms with E-state index in [1.165, 1.54) is 0 Å². The number of benzene rings is 1. The molecule has 4 nitrogen and oxygen atoms in total. The molecule has 0 saturated carbocycles. The maximum absolute atomic E-state index is 9.04. The summed E-state index contributed by atoms with van der Waals surface area (Å²) < 4.78 is 2.61. The lowest BCUT2D eigenvalue weighted by Crippen LogP contribution is -1.94. The summed E-state index contributed by atoms with van der Waals surface area (Å²) in [6.07, 6.45) is 0. The molecule has 0 aliphatic rings. The molecule has 0 unspecified atom stereocenters. The smallest absolute Gasteiger partial charge is 0.164 e. The summed E-state index contributed by atoms with van der Waals surface area (Å²) in [7, 11) is 1.77. The number of nitrogen functional groups attached to an aromatic ring is 1. The molecule has 2 aromatic rings. The fourth-order valence-corrected chi connectivity index (χ4v) is 1.86. The monoisotopic (exact) mass is 276 g/mol. The van der Waals surface area contributed by atoms with Crippen LogP contribution in [0.25, 0.3) is 11.3 Å². The summed E-state index contributed by atoms with van der Waals surface area (Å²) in [5, 5.41) is 13.1. The van der Waals surface area contributed by atoms with Crippen molar-refractivity contribution >= 4 is 21.7 Å². The molecule has 0 fully saturated rings. The van der Waals surface area contributed by atoms with E-state index in [0.29, 0.717) is 5.56 Å². The predicted molar refractivity (Wildman–Crippen MR) is 65.5 cm³/mol. The van der Waals surface area contributed by atoms with Gasteiger partial charge in [0.05, 0.1) is 5.69 Å². The van der Waals surface area contributed by atoms with E-state index in [2.05, 4.69) is 27.1 Å². The lowest BCUT2D eigenvalue weighted by molar-refractivity contribution is 0.780. The molecule has 1 aromatic heterocycles. The van der Waals surface area contributed by atoms with Gasteiger partial charge in [0.2, 0.25) is 0 Å². The van der Waals surface area contributed by atoms with Crippen LogP contribution in [-0.2, 0) is 7.05 Å². The van der Waals surface area contributed by atoms with Gasteiger partial charge in [0.15, 0.2) is 5.82 Å². The first kappa shape index (κ1) is 10.7. The topological polar surface area (TPSA) is 67.6 Å². The van der Waals surface area contributed by atoms with Gasteiger partial charge in [-0.1, -0.05) is 28.1 Å². The number of nitriles is 1. The lowest BCUT2D eigenvalue weighted by atomic mass is 10.1. The minimum Gasteiger partial charge on any atom is -0.381 e. The number of anilines is 1. The molecule has 0 bridgehead atoms. The normalized spacial score (nSPS) is 10.1. The van der Waals surface area contributed by atoms with E-state index in [1.807, 2.05) is 24.3 Å². The molecule has 0 radical (unpaired) electrons. The fourth-order valence-electron chi connectivity index (χ4n) is 1.59. The number of nitrogens with zero attached hydrogens (tertiary/aromatic N) is 3. The van der Waals surface area contributed by atoms with Gasteiger partial charge >= 0.3 is 0 Å². The SMILES string of the molecule is Cn1nc(N)c(C#N)c1-c1ccc(Br)cc1. The third kappa shape index (κ3) is 1.68. The van der Waals surface area contributed by atoms with Crippen molar-refractivity contribution in [2.75, 3.05) is 5.73 Å². The highest BCUT2D eigenvalue weighted by molar-refractivity contribution is 9.10. The molecule has 0 aliphatic carbocycles. The van der Waals surface area contributed by atoms with Crippen LogP contribution in [0.5, 0.6) is 0 Å². The van der Waals surface area contributed by atoms with Gasteiger partial charge in [0, 0.05) is 17.1 Å². The predicted octanol–water partition coefficient (Wildman–Crippen LogP) is 2.30. The Morgan fingerprint density at radius 3 is 2.56 bits per heavy atom. The van der Waals surface area contributed by atoms with Gasteiger partial charge in [-0.3, -0.25) is 4.68 Å².